The number of nitrogens with one attached hydrogen (secondary N) is 1. The second-order valence-corrected chi connectivity index (χ2v) is 7.97. The molecule has 0 radical (unpaired) electrons. The van der Waals surface area contributed by atoms with Crippen molar-refractivity contribution in [2.24, 2.45) is 5.73 Å². The van der Waals surface area contributed by atoms with Crippen LogP contribution in [0.1, 0.15) is 23.3 Å². The number of hydrogen-bond donors (Lipinski definition) is 2. The van der Waals surface area contributed by atoms with Crippen LogP contribution in [0.15, 0.2) is 24.3 Å². The number of carbonyl (C=O) groups excluding carboxylic acids is 1. The minimum atomic E-state index is -0.759. The van der Waals surface area contributed by atoms with Crippen LogP contribution in [-0.4, -0.2) is 86.6 Å². The Morgan fingerprint density at radius 2 is 2.00 bits per heavy atom. The van der Waals surface area contributed by atoms with E-state index in [0.717, 1.165) is 45.7 Å². The number of para-hydroxylation sites is 2. The van der Waals surface area contributed by atoms with Crippen LogP contribution >= 0.6 is 0 Å². The average molecular weight is 474 g/mol. The Kier molecular flexibility index (Phi) is 8.34. The molecule has 34 heavy (non-hydrogen) atoms. The summed E-state index contributed by atoms with van der Waals surface area (Å²) in [7, 11) is 1.53. The molecule has 184 valence electrons. The van der Waals surface area contributed by atoms with Crippen LogP contribution in [0, 0.1) is 0 Å². The molecule has 0 aliphatic carbocycles. The first-order valence-electron chi connectivity index (χ1n) is 11.4. The molecule has 1 aromatic heterocycles. The zero-order chi connectivity index (χ0) is 23.8. The number of nitrogens with two attached hydrogens (primary N) is 1. The van der Waals surface area contributed by atoms with Crippen LogP contribution in [0.3, 0.4) is 0 Å². The fourth-order valence-corrected chi connectivity index (χ4v) is 3.78. The Bertz CT molecular complexity index is 963. The maximum absolute atomic E-state index is 12.3. The van der Waals surface area contributed by atoms with Crippen molar-refractivity contribution in [3.63, 3.8) is 0 Å². The van der Waals surface area contributed by atoms with Gasteiger partial charge in [0.25, 0.3) is 11.8 Å². The van der Waals surface area contributed by atoms with Gasteiger partial charge in [-0.25, -0.2) is 4.98 Å². The van der Waals surface area contributed by atoms with E-state index in [-0.39, 0.29) is 36.0 Å². The van der Waals surface area contributed by atoms with Gasteiger partial charge < -0.3 is 34.7 Å². The van der Waals surface area contributed by atoms with Crippen molar-refractivity contribution in [3.8, 4) is 23.1 Å². The van der Waals surface area contributed by atoms with Gasteiger partial charge >= 0.3 is 0 Å². The summed E-state index contributed by atoms with van der Waals surface area (Å²) in [6.07, 6.45) is 1.81. The van der Waals surface area contributed by atoms with Crippen molar-refractivity contribution in [3.05, 3.63) is 30.0 Å². The standard InChI is InChI=1S/C23H31N5O6/c1-30-17-6-2-3-7-18(17)34-20-19(21(24)29)26-23(25-8-9-28-10-13-31-14-11-28)27-22(20)33-15-16-5-4-12-32-16/h2-3,6-7,16H,4-5,8-15H2,1H3,(H2,24,29)(H,25,26,27). The minimum absolute atomic E-state index is 0.0359. The zero-order valence-electron chi connectivity index (χ0n) is 19.3. The van der Waals surface area contributed by atoms with E-state index in [1.807, 2.05) is 6.07 Å². The van der Waals surface area contributed by atoms with Gasteiger partial charge in [0.2, 0.25) is 11.7 Å². The van der Waals surface area contributed by atoms with E-state index in [9.17, 15) is 4.79 Å². The normalized spacial score (nSPS) is 18.4. The summed E-state index contributed by atoms with van der Waals surface area (Å²) < 4.78 is 28.4. The summed E-state index contributed by atoms with van der Waals surface area (Å²) in [5, 5.41) is 3.17. The number of ether oxygens (including phenoxy) is 5. The predicted octanol–water partition coefficient (Wildman–Crippen LogP) is 1.68. The number of aromatic nitrogens is 2. The van der Waals surface area contributed by atoms with E-state index in [1.54, 1.807) is 18.2 Å². The molecule has 1 atom stereocenters. The quantitative estimate of drug-likeness (QED) is 0.497. The molecule has 11 nitrogen and oxygen atoms in total. The Morgan fingerprint density at radius 1 is 1.21 bits per heavy atom. The van der Waals surface area contributed by atoms with Gasteiger partial charge in [-0.15, -0.1) is 0 Å². The number of benzene rings is 1. The van der Waals surface area contributed by atoms with Crippen molar-refractivity contribution in [1.82, 2.24) is 14.9 Å². The summed E-state index contributed by atoms with van der Waals surface area (Å²) >= 11 is 0. The van der Waals surface area contributed by atoms with Gasteiger partial charge in [0.1, 0.15) is 6.61 Å². The highest BCUT2D eigenvalue weighted by atomic mass is 16.6. The number of hydrogen-bond acceptors (Lipinski definition) is 10. The molecule has 0 saturated carbocycles. The molecule has 1 amide bonds. The SMILES string of the molecule is COc1ccccc1Oc1c(OCC2CCCO2)nc(NCCN2CCOCC2)nc1C(N)=O. The van der Waals surface area contributed by atoms with Crippen LogP contribution in [0.2, 0.25) is 0 Å². The van der Waals surface area contributed by atoms with Gasteiger partial charge in [0, 0.05) is 32.8 Å². The monoisotopic (exact) mass is 473 g/mol. The van der Waals surface area contributed by atoms with Crippen molar-refractivity contribution >= 4 is 11.9 Å². The largest absolute Gasteiger partial charge is 0.493 e. The van der Waals surface area contributed by atoms with Crippen LogP contribution in [0.25, 0.3) is 0 Å². The lowest BCUT2D eigenvalue weighted by molar-refractivity contribution is 0.0398. The molecule has 11 heteroatoms. The molecule has 2 aliphatic heterocycles. The highest BCUT2D eigenvalue weighted by Crippen LogP contribution is 2.38. The van der Waals surface area contributed by atoms with Gasteiger partial charge in [-0.05, 0) is 25.0 Å². The lowest BCUT2D eigenvalue weighted by Gasteiger charge is -2.26. The van der Waals surface area contributed by atoms with E-state index in [0.29, 0.717) is 24.7 Å². The molecule has 3 N–H and O–H groups in total. The molecular formula is C23H31N5O6. The number of carbonyl (C=O) groups is 1. The predicted molar refractivity (Wildman–Crippen MR) is 124 cm³/mol. The van der Waals surface area contributed by atoms with Crippen LogP contribution in [-0.2, 0) is 9.47 Å². The van der Waals surface area contributed by atoms with Gasteiger partial charge in [-0.3, -0.25) is 9.69 Å². The lowest BCUT2D eigenvalue weighted by Crippen LogP contribution is -2.39. The van der Waals surface area contributed by atoms with Gasteiger partial charge in [-0.1, -0.05) is 12.1 Å². The van der Waals surface area contributed by atoms with E-state index < -0.39 is 5.91 Å². The number of morpholine rings is 1. The molecule has 2 aromatic rings. The molecule has 1 aromatic carbocycles. The van der Waals surface area contributed by atoms with Crippen molar-refractivity contribution in [2.45, 2.75) is 18.9 Å². The van der Waals surface area contributed by atoms with E-state index in [2.05, 4.69) is 20.2 Å². The van der Waals surface area contributed by atoms with E-state index in [4.69, 9.17) is 29.4 Å². The van der Waals surface area contributed by atoms with Gasteiger partial charge in [0.15, 0.2) is 17.2 Å². The fraction of sp³-hybridized carbons (Fsp3) is 0.522. The highest BCUT2D eigenvalue weighted by molar-refractivity contribution is 5.94. The number of rotatable bonds is 11. The first-order chi connectivity index (χ1) is 16.6. The number of anilines is 1. The molecule has 0 bridgehead atoms. The zero-order valence-corrected chi connectivity index (χ0v) is 19.3. The third kappa shape index (κ3) is 6.25. The number of primary amides is 1. The summed E-state index contributed by atoms with van der Waals surface area (Å²) in [6, 6.07) is 7.06. The van der Waals surface area contributed by atoms with Crippen LogP contribution in [0.5, 0.6) is 23.1 Å². The number of methoxy groups -OCH3 is 1. The van der Waals surface area contributed by atoms with Crippen LogP contribution in [0.4, 0.5) is 5.95 Å². The topological polar surface area (TPSA) is 130 Å². The van der Waals surface area contributed by atoms with Gasteiger partial charge in [-0.2, -0.15) is 4.98 Å². The summed E-state index contributed by atoms with van der Waals surface area (Å²) in [5.41, 5.74) is 5.58. The Labute approximate surface area is 198 Å². The second-order valence-electron chi connectivity index (χ2n) is 7.97. The van der Waals surface area contributed by atoms with Gasteiger partial charge in [0.05, 0.1) is 26.4 Å². The highest BCUT2D eigenvalue weighted by Gasteiger charge is 2.25. The molecular weight excluding hydrogens is 442 g/mol. The maximum Gasteiger partial charge on any atom is 0.271 e. The minimum Gasteiger partial charge on any atom is -0.493 e. The molecule has 0 spiro atoms. The van der Waals surface area contributed by atoms with E-state index >= 15 is 0 Å². The van der Waals surface area contributed by atoms with E-state index in [1.165, 1.54) is 7.11 Å². The number of nitrogens with zero attached hydrogens (tertiary/aromatic N) is 3. The molecule has 2 fully saturated rings. The Balaban J connectivity index is 1.57. The molecule has 2 saturated heterocycles. The first kappa shape index (κ1) is 24.0. The van der Waals surface area contributed by atoms with Crippen molar-refractivity contribution in [1.29, 1.82) is 0 Å². The molecule has 1 unspecified atom stereocenters. The lowest BCUT2D eigenvalue weighted by atomic mass is 10.2. The number of amides is 1. The Hall–Kier alpha value is -3.15. The summed E-state index contributed by atoms with van der Waals surface area (Å²) in [5.74, 6) is 0.483. The maximum atomic E-state index is 12.3. The van der Waals surface area contributed by atoms with Crippen molar-refractivity contribution < 1.29 is 28.5 Å². The molecule has 4 rings (SSSR count). The fourth-order valence-electron chi connectivity index (χ4n) is 3.78. The summed E-state index contributed by atoms with van der Waals surface area (Å²) in [6.45, 7) is 5.51. The van der Waals surface area contributed by atoms with Crippen molar-refractivity contribution in [2.75, 3.05) is 65.0 Å². The molecule has 3 heterocycles. The smallest absolute Gasteiger partial charge is 0.271 e. The first-order valence-corrected chi connectivity index (χ1v) is 11.4. The second kappa shape index (κ2) is 11.8. The third-order valence-electron chi connectivity index (χ3n) is 5.59. The van der Waals surface area contributed by atoms with Crippen LogP contribution < -0.4 is 25.3 Å². The molecule has 2 aliphatic rings. The summed E-state index contributed by atoms with van der Waals surface area (Å²) in [4.78, 5) is 23.4. The third-order valence-corrected chi connectivity index (χ3v) is 5.59. The Morgan fingerprint density at radius 3 is 2.71 bits per heavy atom. The average Bonchev–Trinajstić information content (AvgIpc) is 3.38.